The monoisotopic (exact) mass is 345 g/mol. The smallest absolute Gasteiger partial charge is 0.186 e. The number of rotatable bonds is 3. The number of pyridine rings is 1. The normalized spacial score (nSPS) is 13.2. The van der Waals surface area contributed by atoms with E-state index in [1.54, 1.807) is 43.5 Å². The summed E-state index contributed by atoms with van der Waals surface area (Å²) in [6.45, 7) is 3.59. The van der Waals surface area contributed by atoms with E-state index in [9.17, 15) is 8.42 Å². The zero-order valence-corrected chi connectivity index (χ0v) is 14.4. The molecule has 1 atom stereocenters. The third-order valence-corrected chi connectivity index (χ3v) is 6.27. The maximum absolute atomic E-state index is 12.8. The van der Waals surface area contributed by atoms with Crippen molar-refractivity contribution in [2.45, 2.75) is 24.0 Å². The summed E-state index contributed by atoms with van der Waals surface area (Å²) < 4.78 is 25.5. The zero-order chi connectivity index (χ0) is 16.6. The molecule has 0 saturated carbocycles. The predicted octanol–water partition coefficient (Wildman–Crippen LogP) is 4.73. The lowest BCUT2D eigenvalue weighted by Crippen LogP contribution is -2.12. The summed E-state index contributed by atoms with van der Waals surface area (Å²) >= 11 is 5.96. The largest absolute Gasteiger partial charge is 0.259 e. The van der Waals surface area contributed by atoms with Crippen LogP contribution in [0.25, 0.3) is 10.8 Å². The lowest BCUT2D eigenvalue weighted by molar-refractivity contribution is 0.585. The number of sulfone groups is 1. The third-order valence-electron chi connectivity index (χ3n) is 3.94. The molecule has 0 radical (unpaired) electrons. The molecular weight excluding hydrogens is 330 g/mol. The molecular formula is C18H16ClNO2S. The fourth-order valence-corrected chi connectivity index (χ4v) is 3.99. The molecule has 0 aliphatic rings. The lowest BCUT2D eigenvalue weighted by atomic mass is 10.1. The van der Waals surface area contributed by atoms with E-state index in [0.717, 1.165) is 16.3 Å². The fourth-order valence-electron chi connectivity index (χ4n) is 2.44. The van der Waals surface area contributed by atoms with Crippen molar-refractivity contribution >= 4 is 32.2 Å². The molecule has 118 valence electrons. The van der Waals surface area contributed by atoms with E-state index >= 15 is 0 Å². The van der Waals surface area contributed by atoms with Gasteiger partial charge in [0.25, 0.3) is 0 Å². The van der Waals surface area contributed by atoms with Crippen LogP contribution in [0, 0.1) is 6.92 Å². The Balaban J connectivity index is 2.03. The molecule has 0 amide bonds. The van der Waals surface area contributed by atoms with Gasteiger partial charge in [-0.15, -0.1) is 0 Å². The van der Waals surface area contributed by atoms with Crippen LogP contribution in [0.3, 0.4) is 0 Å². The van der Waals surface area contributed by atoms with Gasteiger partial charge in [-0.2, -0.15) is 0 Å². The Kier molecular flexibility index (Phi) is 4.13. The molecule has 1 unspecified atom stereocenters. The number of nitrogens with zero attached hydrogens (tertiary/aromatic N) is 1. The van der Waals surface area contributed by atoms with Crippen LogP contribution < -0.4 is 0 Å². The first-order chi connectivity index (χ1) is 10.9. The lowest BCUT2D eigenvalue weighted by Gasteiger charge is -2.13. The van der Waals surface area contributed by atoms with Crippen LogP contribution in [0.4, 0.5) is 0 Å². The van der Waals surface area contributed by atoms with Gasteiger partial charge >= 0.3 is 0 Å². The molecule has 2 aromatic carbocycles. The molecule has 3 rings (SSSR count). The summed E-state index contributed by atoms with van der Waals surface area (Å²) in [4.78, 5) is 4.63. The van der Waals surface area contributed by atoms with Crippen molar-refractivity contribution in [3.63, 3.8) is 0 Å². The Bertz CT molecular complexity index is 966. The van der Waals surface area contributed by atoms with Crippen molar-refractivity contribution in [3.8, 4) is 0 Å². The predicted molar refractivity (Wildman–Crippen MR) is 93.5 cm³/mol. The minimum absolute atomic E-state index is 0.314. The zero-order valence-electron chi connectivity index (χ0n) is 12.8. The first kappa shape index (κ1) is 16.0. The average molecular weight is 346 g/mol. The van der Waals surface area contributed by atoms with Crippen molar-refractivity contribution in [3.05, 3.63) is 71.0 Å². The highest BCUT2D eigenvalue weighted by atomic mass is 35.5. The Morgan fingerprint density at radius 3 is 2.39 bits per heavy atom. The molecule has 3 nitrogen and oxygen atoms in total. The number of aromatic nitrogens is 1. The number of aryl methyl sites for hydroxylation is 1. The van der Waals surface area contributed by atoms with Gasteiger partial charge < -0.3 is 0 Å². The van der Waals surface area contributed by atoms with Crippen LogP contribution in [0.1, 0.15) is 23.4 Å². The van der Waals surface area contributed by atoms with Crippen molar-refractivity contribution in [2.75, 3.05) is 0 Å². The van der Waals surface area contributed by atoms with Crippen LogP contribution in [0.5, 0.6) is 0 Å². The average Bonchev–Trinajstić information content (AvgIpc) is 2.54. The van der Waals surface area contributed by atoms with E-state index in [4.69, 9.17) is 11.6 Å². The quantitative estimate of drug-likeness (QED) is 0.689. The molecule has 0 spiro atoms. The van der Waals surface area contributed by atoms with Gasteiger partial charge in [0.2, 0.25) is 0 Å². The van der Waals surface area contributed by atoms with Crippen LogP contribution in [0.15, 0.2) is 59.6 Å². The van der Waals surface area contributed by atoms with Gasteiger partial charge in [-0.05, 0) is 49.6 Å². The van der Waals surface area contributed by atoms with Crippen molar-refractivity contribution in [2.24, 2.45) is 0 Å². The third kappa shape index (κ3) is 3.09. The molecule has 23 heavy (non-hydrogen) atoms. The topological polar surface area (TPSA) is 47.0 Å². The van der Waals surface area contributed by atoms with Crippen molar-refractivity contribution in [1.29, 1.82) is 0 Å². The van der Waals surface area contributed by atoms with E-state index in [1.165, 1.54) is 0 Å². The van der Waals surface area contributed by atoms with E-state index in [0.29, 0.717) is 15.6 Å². The van der Waals surface area contributed by atoms with E-state index in [1.807, 2.05) is 25.1 Å². The van der Waals surface area contributed by atoms with Crippen LogP contribution in [0.2, 0.25) is 5.02 Å². The summed E-state index contributed by atoms with van der Waals surface area (Å²) in [5.41, 5.74) is 1.55. The highest BCUT2D eigenvalue weighted by Crippen LogP contribution is 2.29. The van der Waals surface area contributed by atoms with Gasteiger partial charge in [-0.1, -0.05) is 35.4 Å². The summed E-state index contributed by atoms with van der Waals surface area (Å²) in [5.74, 6) is 0. The highest BCUT2D eigenvalue weighted by Gasteiger charge is 2.26. The molecule has 5 heteroatoms. The minimum atomic E-state index is -3.47. The molecule has 0 aliphatic carbocycles. The second kappa shape index (κ2) is 5.95. The molecule has 1 aromatic heterocycles. The Labute approximate surface area is 140 Å². The second-order valence-electron chi connectivity index (χ2n) is 5.60. The molecule has 0 aliphatic heterocycles. The Morgan fingerprint density at radius 2 is 1.70 bits per heavy atom. The summed E-state index contributed by atoms with van der Waals surface area (Å²) in [6, 6.07) is 14.2. The molecule has 3 aromatic rings. The van der Waals surface area contributed by atoms with Crippen molar-refractivity contribution in [1.82, 2.24) is 4.98 Å². The van der Waals surface area contributed by atoms with Gasteiger partial charge in [0, 0.05) is 16.6 Å². The standard InChI is InChI=1S/C18H16ClNO2S/c1-12-3-7-17(8-4-12)23(21,22)13(2)18-10-14-5-6-16(19)9-15(14)11-20-18/h3-11,13H,1-2H3. The Morgan fingerprint density at radius 1 is 1.00 bits per heavy atom. The SMILES string of the molecule is Cc1ccc(S(=O)(=O)C(C)c2cc3ccc(Cl)cc3cn2)cc1. The summed E-state index contributed by atoms with van der Waals surface area (Å²) in [7, 11) is -3.47. The maximum Gasteiger partial charge on any atom is 0.186 e. The van der Waals surface area contributed by atoms with Gasteiger partial charge in [0.15, 0.2) is 9.84 Å². The van der Waals surface area contributed by atoms with E-state index < -0.39 is 15.1 Å². The molecule has 0 fully saturated rings. The minimum Gasteiger partial charge on any atom is -0.259 e. The van der Waals surface area contributed by atoms with Gasteiger partial charge in [-0.3, -0.25) is 4.98 Å². The van der Waals surface area contributed by atoms with Gasteiger partial charge in [0.05, 0.1) is 10.6 Å². The highest BCUT2D eigenvalue weighted by molar-refractivity contribution is 7.91. The van der Waals surface area contributed by atoms with E-state index in [2.05, 4.69) is 4.98 Å². The summed E-state index contributed by atoms with van der Waals surface area (Å²) in [6.07, 6.45) is 1.66. The van der Waals surface area contributed by atoms with Crippen LogP contribution >= 0.6 is 11.6 Å². The summed E-state index contributed by atoms with van der Waals surface area (Å²) in [5, 5.41) is 1.73. The molecule has 0 saturated heterocycles. The Hall–Kier alpha value is -1.91. The maximum atomic E-state index is 12.8. The van der Waals surface area contributed by atoms with Gasteiger partial charge in [0.1, 0.15) is 5.25 Å². The van der Waals surface area contributed by atoms with Gasteiger partial charge in [-0.25, -0.2) is 8.42 Å². The number of fused-ring (bicyclic) bond motifs is 1. The number of hydrogen-bond acceptors (Lipinski definition) is 3. The number of benzene rings is 2. The first-order valence-electron chi connectivity index (χ1n) is 7.24. The van der Waals surface area contributed by atoms with E-state index in [-0.39, 0.29) is 0 Å². The van der Waals surface area contributed by atoms with Crippen molar-refractivity contribution < 1.29 is 8.42 Å². The fraction of sp³-hybridized carbons (Fsp3) is 0.167. The van der Waals surface area contributed by atoms with Crippen LogP contribution in [-0.4, -0.2) is 13.4 Å². The number of halogens is 1. The second-order valence-corrected chi connectivity index (χ2v) is 8.31. The molecule has 1 heterocycles. The molecule has 0 bridgehead atoms. The molecule has 0 N–H and O–H groups in total. The van der Waals surface area contributed by atoms with Crippen LogP contribution in [-0.2, 0) is 9.84 Å². The number of hydrogen-bond donors (Lipinski definition) is 0. The first-order valence-corrected chi connectivity index (χ1v) is 9.16.